The summed E-state index contributed by atoms with van der Waals surface area (Å²) < 4.78 is 44.0. The minimum absolute atomic E-state index is 0.101. The van der Waals surface area contributed by atoms with E-state index in [0.717, 1.165) is 17.0 Å². The molecule has 0 saturated carbocycles. The van der Waals surface area contributed by atoms with E-state index in [1.54, 1.807) is 0 Å². The van der Waals surface area contributed by atoms with E-state index >= 15 is 0 Å². The van der Waals surface area contributed by atoms with Crippen LogP contribution in [0, 0.1) is 0 Å². The average Bonchev–Trinajstić information content (AvgIpc) is 2.67. The lowest BCUT2D eigenvalue weighted by Gasteiger charge is -2.20. The maximum Gasteiger partial charge on any atom is 0.417 e. The molecule has 1 aliphatic heterocycles. The van der Waals surface area contributed by atoms with Gasteiger partial charge in [0.25, 0.3) is 11.8 Å². The number of alkyl halides is 3. The number of fused-ring (bicyclic) bond motifs is 1. The van der Waals surface area contributed by atoms with Crippen molar-refractivity contribution in [2.45, 2.75) is 6.18 Å². The van der Waals surface area contributed by atoms with E-state index in [4.69, 9.17) is 16.3 Å². The largest absolute Gasteiger partial charge is 0.482 e. The molecule has 0 unspecified atom stereocenters. The van der Waals surface area contributed by atoms with Crippen LogP contribution < -0.4 is 15.4 Å². The molecule has 30 heavy (non-hydrogen) atoms. The second-order valence-corrected chi connectivity index (χ2v) is 6.86. The van der Waals surface area contributed by atoms with Gasteiger partial charge >= 0.3 is 6.18 Å². The summed E-state index contributed by atoms with van der Waals surface area (Å²) in [4.78, 5) is 37.1. The van der Waals surface area contributed by atoms with Gasteiger partial charge in [0, 0.05) is 18.3 Å². The Morgan fingerprint density at radius 1 is 1.23 bits per heavy atom. The van der Waals surface area contributed by atoms with Gasteiger partial charge in [-0.3, -0.25) is 14.4 Å². The molecule has 0 bridgehead atoms. The highest BCUT2D eigenvalue weighted by atomic mass is 35.5. The standard InChI is InChI=1S/C19H15ClF3N3O4/c1-26(18(29)10-2-5-14-15(6-10)30-9-17(28)25-14)8-16(27)24-11-3-4-13(20)12(7-11)19(21,22)23/h2-7H,8-9H2,1H3,(H,24,27)(H,25,28). The Morgan fingerprint density at radius 3 is 2.67 bits per heavy atom. The molecule has 3 rings (SSSR count). The zero-order valence-electron chi connectivity index (χ0n) is 15.5. The summed E-state index contributed by atoms with van der Waals surface area (Å²) in [6.07, 6.45) is -4.67. The summed E-state index contributed by atoms with van der Waals surface area (Å²) in [7, 11) is 1.37. The van der Waals surface area contributed by atoms with Crippen LogP contribution in [0.4, 0.5) is 24.5 Å². The predicted octanol–water partition coefficient (Wildman–Crippen LogP) is 3.40. The summed E-state index contributed by atoms with van der Waals surface area (Å²) in [5.74, 6) is -1.20. The van der Waals surface area contributed by atoms with Crippen LogP contribution in [0.25, 0.3) is 0 Å². The van der Waals surface area contributed by atoms with Crippen LogP contribution in [0.5, 0.6) is 5.75 Å². The number of nitrogens with zero attached hydrogens (tertiary/aromatic N) is 1. The SMILES string of the molecule is CN(CC(=O)Nc1ccc(Cl)c(C(F)(F)F)c1)C(=O)c1ccc2c(c1)OCC(=O)N2. The van der Waals surface area contributed by atoms with Crippen molar-refractivity contribution in [1.29, 1.82) is 0 Å². The zero-order valence-corrected chi connectivity index (χ0v) is 16.2. The molecule has 7 nitrogen and oxygen atoms in total. The van der Waals surface area contributed by atoms with E-state index in [9.17, 15) is 27.6 Å². The monoisotopic (exact) mass is 441 g/mol. The molecule has 3 amide bonds. The van der Waals surface area contributed by atoms with E-state index in [-0.39, 0.29) is 23.8 Å². The van der Waals surface area contributed by atoms with E-state index in [0.29, 0.717) is 11.4 Å². The first-order valence-electron chi connectivity index (χ1n) is 8.53. The van der Waals surface area contributed by atoms with Gasteiger partial charge in [-0.1, -0.05) is 11.6 Å². The highest BCUT2D eigenvalue weighted by molar-refractivity contribution is 6.31. The molecule has 0 aromatic heterocycles. The molecule has 0 spiro atoms. The fourth-order valence-corrected chi connectivity index (χ4v) is 2.96. The summed E-state index contributed by atoms with van der Waals surface area (Å²) in [6, 6.07) is 7.36. The van der Waals surface area contributed by atoms with E-state index in [1.807, 2.05) is 0 Å². The van der Waals surface area contributed by atoms with Crippen LogP contribution in [0.3, 0.4) is 0 Å². The summed E-state index contributed by atoms with van der Waals surface area (Å²) >= 11 is 5.55. The van der Waals surface area contributed by atoms with Gasteiger partial charge in [-0.2, -0.15) is 13.2 Å². The van der Waals surface area contributed by atoms with Crippen molar-refractivity contribution in [3.63, 3.8) is 0 Å². The normalized spacial score (nSPS) is 13.0. The second kappa shape index (κ2) is 8.23. The number of rotatable bonds is 4. The third-order valence-electron chi connectivity index (χ3n) is 4.14. The van der Waals surface area contributed by atoms with Gasteiger partial charge in [0.15, 0.2) is 6.61 Å². The van der Waals surface area contributed by atoms with E-state index in [1.165, 1.54) is 31.3 Å². The number of ether oxygens (including phenoxy) is 1. The van der Waals surface area contributed by atoms with Crippen molar-refractivity contribution in [2.75, 3.05) is 30.8 Å². The van der Waals surface area contributed by atoms with E-state index < -0.39 is 35.1 Å². The van der Waals surface area contributed by atoms with Crippen molar-refractivity contribution in [3.05, 3.63) is 52.5 Å². The number of carbonyl (C=O) groups is 3. The third kappa shape index (κ3) is 4.82. The lowest BCUT2D eigenvalue weighted by Crippen LogP contribution is -2.35. The van der Waals surface area contributed by atoms with Crippen LogP contribution >= 0.6 is 11.6 Å². The number of nitrogens with one attached hydrogen (secondary N) is 2. The Kier molecular flexibility index (Phi) is 5.88. The van der Waals surface area contributed by atoms with Crippen LogP contribution in [-0.4, -0.2) is 42.8 Å². The summed E-state index contributed by atoms with van der Waals surface area (Å²) in [6.45, 7) is -0.582. The topological polar surface area (TPSA) is 87.7 Å². The summed E-state index contributed by atoms with van der Waals surface area (Å²) in [5.41, 5.74) is -0.541. The smallest absolute Gasteiger partial charge is 0.417 e. The van der Waals surface area contributed by atoms with Crippen LogP contribution in [0.15, 0.2) is 36.4 Å². The molecular weight excluding hydrogens is 427 g/mol. The van der Waals surface area contributed by atoms with Gasteiger partial charge in [-0.15, -0.1) is 0 Å². The Bertz CT molecular complexity index is 1030. The summed E-state index contributed by atoms with van der Waals surface area (Å²) in [5, 5.41) is 4.41. The minimum atomic E-state index is -4.67. The van der Waals surface area contributed by atoms with Crippen LogP contribution in [0.1, 0.15) is 15.9 Å². The maximum atomic E-state index is 12.9. The number of anilines is 2. The van der Waals surface area contributed by atoms with Gasteiger partial charge in [0.05, 0.1) is 22.8 Å². The van der Waals surface area contributed by atoms with Crippen molar-refractivity contribution in [1.82, 2.24) is 4.90 Å². The minimum Gasteiger partial charge on any atom is -0.482 e. The first-order valence-corrected chi connectivity index (χ1v) is 8.91. The highest BCUT2D eigenvalue weighted by Gasteiger charge is 2.33. The first-order chi connectivity index (χ1) is 14.0. The van der Waals surface area contributed by atoms with Crippen LogP contribution in [0.2, 0.25) is 5.02 Å². The van der Waals surface area contributed by atoms with Gasteiger partial charge in [-0.25, -0.2) is 0 Å². The number of amides is 3. The fourth-order valence-electron chi connectivity index (χ4n) is 2.74. The van der Waals surface area contributed by atoms with Gasteiger partial charge in [0.1, 0.15) is 5.75 Å². The molecule has 2 N–H and O–H groups in total. The molecule has 11 heteroatoms. The Labute approximate surface area is 173 Å². The van der Waals surface area contributed by atoms with Crippen molar-refractivity contribution in [2.24, 2.45) is 0 Å². The average molecular weight is 442 g/mol. The molecule has 1 aliphatic rings. The molecule has 0 radical (unpaired) electrons. The van der Waals surface area contributed by atoms with Gasteiger partial charge in [0.2, 0.25) is 5.91 Å². The maximum absolute atomic E-state index is 12.9. The fraction of sp³-hybridized carbons (Fsp3) is 0.211. The van der Waals surface area contributed by atoms with Crippen molar-refractivity contribution >= 4 is 40.7 Å². The lowest BCUT2D eigenvalue weighted by atomic mass is 10.1. The number of carbonyl (C=O) groups excluding carboxylic acids is 3. The molecule has 1 heterocycles. The molecule has 2 aromatic rings. The lowest BCUT2D eigenvalue weighted by molar-refractivity contribution is -0.137. The molecular formula is C19H15ClF3N3O4. The number of halogens is 4. The quantitative estimate of drug-likeness (QED) is 0.761. The highest BCUT2D eigenvalue weighted by Crippen LogP contribution is 2.36. The molecule has 0 saturated heterocycles. The molecule has 0 aliphatic carbocycles. The molecule has 158 valence electrons. The molecule has 0 atom stereocenters. The number of benzene rings is 2. The van der Waals surface area contributed by atoms with Gasteiger partial charge < -0.3 is 20.3 Å². The van der Waals surface area contributed by atoms with Crippen molar-refractivity contribution in [3.8, 4) is 5.75 Å². The second-order valence-electron chi connectivity index (χ2n) is 6.45. The first kappa shape index (κ1) is 21.4. The van der Waals surface area contributed by atoms with Crippen molar-refractivity contribution < 1.29 is 32.3 Å². The Hall–Kier alpha value is -3.27. The predicted molar refractivity (Wildman–Crippen MR) is 103 cm³/mol. The zero-order chi connectivity index (χ0) is 22.1. The third-order valence-corrected chi connectivity index (χ3v) is 4.47. The number of hydrogen-bond donors (Lipinski definition) is 2. The van der Waals surface area contributed by atoms with Gasteiger partial charge in [-0.05, 0) is 36.4 Å². The molecule has 0 fully saturated rings. The number of hydrogen-bond acceptors (Lipinski definition) is 4. The Balaban J connectivity index is 1.66. The van der Waals surface area contributed by atoms with Crippen LogP contribution in [-0.2, 0) is 15.8 Å². The Morgan fingerprint density at radius 2 is 1.97 bits per heavy atom. The molecule has 2 aromatic carbocycles. The van der Waals surface area contributed by atoms with E-state index in [2.05, 4.69) is 10.6 Å². The number of likely N-dealkylation sites (N-methyl/N-ethyl adjacent to an activating group) is 1.